The Morgan fingerprint density at radius 3 is 2.31 bits per heavy atom. The number of fused-ring (bicyclic) bond motifs is 1. The van der Waals surface area contributed by atoms with Gasteiger partial charge in [0.2, 0.25) is 9.84 Å². The molecule has 1 heterocycles. The van der Waals surface area contributed by atoms with Crippen LogP contribution in [0.25, 0.3) is 10.9 Å². The average Bonchev–Trinajstić information content (AvgIpc) is 2.76. The van der Waals surface area contributed by atoms with Crippen molar-refractivity contribution in [3.05, 3.63) is 85.1 Å². The van der Waals surface area contributed by atoms with Crippen molar-refractivity contribution in [2.24, 2.45) is 0 Å². The van der Waals surface area contributed by atoms with E-state index in [-0.39, 0.29) is 9.79 Å². The molecule has 0 aliphatic rings. The van der Waals surface area contributed by atoms with E-state index in [0.29, 0.717) is 17.8 Å². The molecule has 0 aliphatic heterocycles. The second-order valence-corrected chi connectivity index (χ2v) is 8.33. The fourth-order valence-corrected chi connectivity index (χ4v) is 4.52. The van der Waals surface area contributed by atoms with E-state index in [4.69, 9.17) is 4.74 Å². The zero-order valence-corrected chi connectivity index (χ0v) is 16.7. The van der Waals surface area contributed by atoms with Crippen LogP contribution in [0.4, 0.5) is 11.4 Å². The second kappa shape index (κ2) is 7.93. The summed E-state index contributed by atoms with van der Waals surface area (Å²) in [6.07, 6.45) is 1.42. The molecule has 0 aliphatic carbocycles. The Morgan fingerprint density at radius 2 is 1.59 bits per heavy atom. The number of para-hydroxylation sites is 1. The van der Waals surface area contributed by atoms with E-state index in [1.54, 1.807) is 30.3 Å². The molecule has 146 valence electrons. The van der Waals surface area contributed by atoms with Gasteiger partial charge in [-0.3, -0.25) is 4.98 Å². The zero-order chi connectivity index (χ0) is 20.3. The second-order valence-electron chi connectivity index (χ2n) is 6.41. The molecule has 29 heavy (non-hydrogen) atoms. The molecule has 0 unspecified atom stereocenters. The van der Waals surface area contributed by atoms with E-state index in [1.165, 1.54) is 6.20 Å². The average molecular weight is 404 g/mol. The Hall–Kier alpha value is -3.38. The highest BCUT2D eigenvalue weighted by molar-refractivity contribution is 7.91. The Bertz CT molecular complexity index is 1240. The molecule has 0 saturated heterocycles. The van der Waals surface area contributed by atoms with Crippen molar-refractivity contribution < 1.29 is 13.2 Å². The minimum absolute atomic E-state index is 0.135. The maximum Gasteiger partial charge on any atom is 0.210 e. The molecule has 0 fully saturated rings. The van der Waals surface area contributed by atoms with E-state index < -0.39 is 9.84 Å². The topological polar surface area (TPSA) is 68.3 Å². The first-order valence-electron chi connectivity index (χ1n) is 9.27. The molecular weight excluding hydrogens is 384 g/mol. The molecule has 0 amide bonds. The standard InChI is InChI=1S/C23H20N2O3S/c1-2-28-18-14-12-17(13-15-18)25-23-20-10-6-7-11-21(20)24-16-22(23)29(26,27)19-8-4-3-5-9-19/h3-16H,2H2,1H3,(H,24,25). The lowest BCUT2D eigenvalue weighted by atomic mass is 10.2. The first kappa shape index (κ1) is 19.0. The van der Waals surface area contributed by atoms with E-state index in [1.807, 2.05) is 55.5 Å². The van der Waals surface area contributed by atoms with Gasteiger partial charge in [-0.1, -0.05) is 36.4 Å². The largest absolute Gasteiger partial charge is 0.494 e. The summed E-state index contributed by atoms with van der Waals surface area (Å²) >= 11 is 0. The van der Waals surface area contributed by atoms with Crippen molar-refractivity contribution in [2.75, 3.05) is 11.9 Å². The van der Waals surface area contributed by atoms with Gasteiger partial charge in [0.1, 0.15) is 10.6 Å². The van der Waals surface area contributed by atoms with Crippen molar-refractivity contribution in [3.8, 4) is 5.75 Å². The quantitative estimate of drug-likeness (QED) is 0.478. The Morgan fingerprint density at radius 1 is 0.897 bits per heavy atom. The van der Waals surface area contributed by atoms with Crippen LogP contribution in [-0.4, -0.2) is 20.0 Å². The third-order valence-corrected chi connectivity index (χ3v) is 6.30. The van der Waals surface area contributed by atoms with Crippen molar-refractivity contribution in [3.63, 3.8) is 0 Å². The molecule has 1 N–H and O–H groups in total. The third kappa shape index (κ3) is 3.79. The molecule has 0 bridgehead atoms. The highest BCUT2D eigenvalue weighted by Gasteiger charge is 2.23. The van der Waals surface area contributed by atoms with Crippen LogP contribution in [0.3, 0.4) is 0 Å². The van der Waals surface area contributed by atoms with Gasteiger partial charge in [-0.15, -0.1) is 0 Å². The number of benzene rings is 3. The van der Waals surface area contributed by atoms with Gasteiger partial charge in [-0.25, -0.2) is 8.42 Å². The van der Waals surface area contributed by atoms with Gasteiger partial charge in [-0.05, 0) is 49.4 Å². The van der Waals surface area contributed by atoms with Crippen LogP contribution in [0.1, 0.15) is 6.92 Å². The van der Waals surface area contributed by atoms with Gasteiger partial charge < -0.3 is 10.1 Å². The smallest absolute Gasteiger partial charge is 0.210 e. The Labute approximate surface area is 169 Å². The minimum atomic E-state index is -3.75. The van der Waals surface area contributed by atoms with Crippen LogP contribution in [0.2, 0.25) is 0 Å². The molecule has 3 aromatic carbocycles. The Kier molecular flexibility index (Phi) is 5.18. The van der Waals surface area contributed by atoms with Crippen LogP contribution in [-0.2, 0) is 9.84 Å². The minimum Gasteiger partial charge on any atom is -0.494 e. The molecule has 4 rings (SSSR count). The summed E-state index contributed by atoms with van der Waals surface area (Å²) in [5.41, 5.74) is 1.98. The van der Waals surface area contributed by atoms with Crippen LogP contribution in [0.15, 0.2) is 94.9 Å². The fourth-order valence-electron chi connectivity index (χ4n) is 3.13. The van der Waals surface area contributed by atoms with E-state index >= 15 is 0 Å². The van der Waals surface area contributed by atoms with Gasteiger partial charge in [0, 0.05) is 17.3 Å². The summed E-state index contributed by atoms with van der Waals surface area (Å²) < 4.78 is 32.1. The lowest BCUT2D eigenvalue weighted by molar-refractivity contribution is 0.340. The van der Waals surface area contributed by atoms with Crippen LogP contribution in [0, 0.1) is 0 Å². The number of anilines is 2. The first-order valence-corrected chi connectivity index (χ1v) is 10.8. The van der Waals surface area contributed by atoms with Gasteiger partial charge >= 0.3 is 0 Å². The third-order valence-electron chi connectivity index (χ3n) is 4.52. The monoisotopic (exact) mass is 404 g/mol. The van der Waals surface area contributed by atoms with Gasteiger partial charge in [0.25, 0.3) is 0 Å². The molecule has 4 aromatic rings. The molecule has 0 spiro atoms. The molecule has 0 atom stereocenters. The van der Waals surface area contributed by atoms with Crippen LogP contribution < -0.4 is 10.1 Å². The lowest BCUT2D eigenvalue weighted by Gasteiger charge is -2.15. The van der Waals surface area contributed by atoms with Crippen molar-refractivity contribution in [1.82, 2.24) is 4.98 Å². The van der Waals surface area contributed by atoms with E-state index in [0.717, 1.165) is 16.8 Å². The molecule has 5 nitrogen and oxygen atoms in total. The fraction of sp³-hybridized carbons (Fsp3) is 0.0870. The lowest BCUT2D eigenvalue weighted by Crippen LogP contribution is -2.07. The number of nitrogens with one attached hydrogen (secondary N) is 1. The summed E-state index contributed by atoms with van der Waals surface area (Å²) in [5, 5.41) is 4.02. The van der Waals surface area contributed by atoms with Gasteiger partial charge in [-0.2, -0.15) is 0 Å². The molecular formula is C23H20N2O3S. The molecule has 6 heteroatoms. The normalized spacial score (nSPS) is 11.3. The van der Waals surface area contributed by atoms with Gasteiger partial charge in [0.05, 0.1) is 22.7 Å². The van der Waals surface area contributed by atoms with E-state index in [9.17, 15) is 8.42 Å². The number of rotatable bonds is 6. The number of nitrogens with zero attached hydrogens (tertiary/aromatic N) is 1. The predicted molar refractivity (Wildman–Crippen MR) is 115 cm³/mol. The summed E-state index contributed by atoms with van der Waals surface area (Å²) in [7, 11) is -3.75. The first-order chi connectivity index (χ1) is 14.1. The summed E-state index contributed by atoms with van der Waals surface area (Å²) in [4.78, 5) is 4.74. The number of hydrogen-bond acceptors (Lipinski definition) is 5. The van der Waals surface area contributed by atoms with Crippen molar-refractivity contribution in [1.29, 1.82) is 0 Å². The number of hydrogen-bond donors (Lipinski definition) is 1. The summed E-state index contributed by atoms with van der Waals surface area (Å²) in [6.45, 7) is 2.51. The van der Waals surface area contributed by atoms with E-state index in [2.05, 4.69) is 10.3 Å². The van der Waals surface area contributed by atoms with Crippen LogP contribution >= 0.6 is 0 Å². The highest BCUT2D eigenvalue weighted by Crippen LogP contribution is 2.35. The molecule has 0 radical (unpaired) electrons. The predicted octanol–water partition coefficient (Wildman–Crippen LogP) is 5.21. The summed E-state index contributed by atoms with van der Waals surface area (Å²) in [5.74, 6) is 0.759. The number of pyridine rings is 1. The number of ether oxygens (including phenoxy) is 1. The maximum absolute atomic E-state index is 13.3. The zero-order valence-electron chi connectivity index (χ0n) is 15.9. The van der Waals surface area contributed by atoms with Crippen molar-refractivity contribution >= 4 is 32.1 Å². The SMILES string of the molecule is CCOc1ccc(Nc2c(S(=O)(=O)c3ccccc3)cnc3ccccc23)cc1. The molecule has 0 saturated carbocycles. The number of sulfone groups is 1. The van der Waals surface area contributed by atoms with Gasteiger partial charge in [0.15, 0.2) is 0 Å². The highest BCUT2D eigenvalue weighted by atomic mass is 32.2. The Balaban J connectivity index is 1.86. The summed E-state index contributed by atoms with van der Waals surface area (Å²) in [6, 6.07) is 23.3. The van der Waals surface area contributed by atoms with Crippen LogP contribution in [0.5, 0.6) is 5.75 Å². The number of aromatic nitrogens is 1. The maximum atomic E-state index is 13.3. The van der Waals surface area contributed by atoms with Crippen molar-refractivity contribution in [2.45, 2.75) is 16.7 Å². The molecule has 1 aromatic heterocycles.